The number of fused-ring (bicyclic) bond motifs is 1. The Morgan fingerprint density at radius 2 is 2.19 bits per heavy atom. The van der Waals surface area contributed by atoms with E-state index in [0.29, 0.717) is 11.9 Å². The zero-order chi connectivity index (χ0) is 11.5. The van der Waals surface area contributed by atoms with E-state index in [-0.39, 0.29) is 0 Å². The zero-order valence-corrected chi connectivity index (χ0v) is 9.91. The third kappa shape index (κ3) is 1.98. The molecule has 5 heteroatoms. The molecule has 0 spiro atoms. The van der Waals surface area contributed by atoms with Crippen molar-refractivity contribution < 1.29 is 0 Å². The lowest BCUT2D eigenvalue weighted by Crippen LogP contribution is -2.07. The Hall–Kier alpha value is -1.65. The molecule has 0 aliphatic carbocycles. The van der Waals surface area contributed by atoms with Gasteiger partial charge in [0.25, 0.3) is 0 Å². The van der Waals surface area contributed by atoms with Crippen molar-refractivity contribution >= 4 is 17.0 Å². The molecule has 0 bridgehead atoms. The van der Waals surface area contributed by atoms with Gasteiger partial charge < -0.3 is 5.32 Å². The van der Waals surface area contributed by atoms with Crippen molar-refractivity contribution in [2.45, 2.75) is 33.1 Å². The van der Waals surface area contributed by atoms with E-state index in [2.05, 4.69) is 46.3 Å². The number of hydrogen-bond donors (Lipinski definition) is 2. The second-order valence-electron chi connectivity index (χ2n) is 4.15. The number of hydrogen-bond acceptors (Lipinski definition) is 4. The molecule has 5 nitrogen and oxygen atoms in total. The lowest BCUT2D eigenvalue weighted by molar-refractivity contribution is 0.826. The summed E-state index contributed by atoms with van der Waals surface area (Å²) in [4.78, 5) is 8.90. The van der Waals surface area contributed by atoms with Crippen LogP contribution in [0.15, 0.2) is 6.20 Å². The second kappa shape index (κ2) is 4.47. The standard InChI is InChI=1S/C11H17N5/c1-4-5-12-11-14-9(7(2)3)8-6-13-16-10(8)15-11/h6-7H,4-5H2,1-3H3,(H2,12,13,14,15,16). The molecule has 2 heterocycles. The summed E-state index contributed by atoms with van der Waals surface area (Å²) in [6.45, 7) is 7.25. The minimum Gasteiger partial charge on any atom is -0.354 e. The smallest absolute Gasteiger partial charge is 0.224 e. The van der Waals surface area contributed by atoms with Crippen LogP contribution in [0.2, 0.25) is 0 Å². The van der Waals surface area contributed by atoms with Gasteiger partial charge in [-0.25, -0.2) is 4.98 Å². The highest BCUT2D eigenvalue weighted by Gasteiger charge is 2.11. The molecule has 0 fully saturated rings. The number of aromatic amines is 1. The fourth-order valence-corrected chi connectivity index (χ4v) is 1.61. The van der Waals surface area contributed by atoms with Gasteiger partial charge in [0.1, 0.15) is 0 Å². The molecule has 0 atom stereocenters. The van der Waals surface area contributed by atoms with E-state index in [9.17, 15) is 0 Å². The monoisotopic (exact) mass is 219 g/mol. The van der Waals surface area contributed by atoms with Gasteiger partial charge >= 0.3 is 0 Å². The maximum atomic E-state index is 4.53. The molecule has 86 valence electrons. The van der Waals surface area contributed by atoms with Crippen LogP contribution >= 0.6 is 0 Å². The molecule has 0 saturated heterocycles. The predicted molar refractivity (Wildman–Crippen MR) is 64.6 cm³/mol. The van der Waals surface area contributed by atoms with Crippen LogP contribution in [0.4, 0.5) is 5.95 Å². The van der Waals surface area contributed by atoms with Crippen LogP contribution in [0, 0.1) is 0 Å². The third-order valence-corrected chi connectivity index (χ3v) is 2.42. The van der Waals surface area contributed by atoms with Crippen molar-refractivity contribution in [1.29, 1.82) is 0 Å². The van der Waals surface area contributed by atoms with Gasteiger partial charge in [-0.15, -0.1) is 0 Å². The van der Waals surface area contributed by atoms with E-state index in [1.165, 1.54) is 0 Å². The molecule has 2 rings (SSSR count). The molecule has 0 saturated carbocycles. The third-order valence-electron chi connectivity index (χ3n) is 2.42. The predicted octanol–water partition coefficient (Wildman–Crippen LogP) is 2.30. The van der Waals surface area contributed by atoms with E-state index in [1.807, 2.05) is 0 Å². The molecule has 2 aromatic rings. The number of nitrogens with zero attached hydrogens (tertiary/aromatic N) is 3. The molecule has 2 aromatic heterocycles. The van der Waals surface area contributed by atoms with Crippen molar-refractivity contribution in [1.82, 2.24) is 20.2 Å². The first kappa shape index (κ1) is 10.9. The quantitative estimate of drug-likeness (QED) is 0.828. The molecule has 0 amide bonds. The van der Waals surface area contributed by atoms with Gasteiger partial charge in [-0.1, -0.05) is 20.8 Å². The average Bonchev–Trinajstić information content (AvgIpc) is 2.72. The van der Waals surface area contributed by atoms with Gasteiger partial charge in [0, 0.05) is 6.54 Å². The summed E-state index contributed by atoms with van der Waals surface area (Å²) in [7, 11) is 0. The molecule has 0 aliphatic rings. The largest absolute Gasteiger partial charge is 0.354 e. The van der Waals surface area contributed by atoms with E-state index in [4.69, 9.17) is 0 Å². The van der Waals surface area contributed by atoms with E-state index < -0.39 is 0 Å². The van der Waals surface area contributed by atoms with Crippen LogP contribution in [0.5, 0.6) is 0 Å². The normalized spacial score (nSPS) is 11.2. The van der Waals surface area contributed by atoms with Crippen LogP contribution in [0.3, 0.4) is 0 Å². The summed E-state index contributed by atoms with van der Waals surface area (Å²) in [5.41, 5.74) is 1.84. The molecular weight excluding hydrogens is 202 g/mol. The Bertz CT molecular complexity index is 474. The highest BCUT2D eigenvalue weighted by atomic mass is 15.2. The SMILES string of the molecule is CCCNc1nc(C(C)C)c2cn[nH]c2n1. The lowest BCUT2D eigenvalue weighted by Gasteiger charge is -2.09. The average molecular weight is 219 g/mol. The van der Waals surface area contributed by atoms with Crippen molar-refractivity contribution in [2.75, 3.05) is 11.9 Å². The van der Waals surface area contributed by atoms with E-state index >= 15 is 0 Å². The first-order valence-electron chi connectivity index (χ1n) is 5.67. The lowest BCUT2D eigenvalue weighted by atomic mass is 10.1. The van der Waals surface area contributed by atoms with Gasteiger partial charge in [0.15, 0.2) is 5.65 Å². The topological polar surface area (TPSA) is 66.5 Å². The van der Waals surface area contributed by atoms with Crippen molar-refractivity contribution in [3.63, 3.8) is 0 Å². The van der Waals surface area contributed by atoms with Crippen LogP contribution in [-0.4, -0.2) is 26.7 Å². The Kier molecular flexibility index (Phi) is 3.03. The summed E-state index contributed by atoms with van der Waals surface area (Å²) < 4.78 is 0. The van der Waals surface area contributed by atoms with E-state index in [1.54, 1.807) is 6.20 Å². The highest BCUT2D eigenvalue weighted by molar-refractivity contribution is 5.78. The highest BCUT2D eigenvalue weighted by Crippen LogP contribution is 2.22. The van der Waals surface area contributed by atoms with Crippen LogP contribution < -0.4 is 5.32 Å². The Balaban J connectivity index is 2.44. The van der Waals surface area contributed by atoms with Crippen LogP contribution in [0.25, 0.3) is 11.0 Å². The number of nitrogens with one attached hydrogen (secondary N) is 2. The summed E-state index contributed by atoms with van der Waals surface area (Å²) in [6, 6.07) is 0. The number of H-pyrrole nitrogens is 1. The second-order valence-corrected chi connectivity index (χ2v) is 4.15. The summed E-state index contributed by atoms with van der Waals surface area (Å²) >= 11 is 0. The summed E-state index contributed by atoms with van der Waals surface area (Å²) in [6.07, 6.45) is 2.84. The summed E-state index contributed by atoms with van der Waals surface area (Å²) in [5, 5.41) is 11.1. The minimum atomic E-state index is 0.366. The van der Waals surface area contributed by atoms with Gasteiger partial charge in [0.2, 0.25) is 5.95 Å². The number of rotatable bonds is 4. The zero-order valence-electron chi connectivity index (χ0n) is 9.91. The molecule has 16 heavy (non-hydrogen) atoms. The van der Waals surface area contributed by atoms with Crippen LogP contribution in [-0.2, 0) is 0 Å². The number of aromatic nitrogens is 4. The first-order valence-corrected chi connectivity index (χ1v) is 5.67. The van der Waals surface area contributed by atoms with E-state index in [0.717, 1.165) is 29.7 Å². The van der Waals surface area contributed by atoms with Gasteiger partial charge in [-0.05, 0) is 12.3 Å². The molecule has 0 radical (unpaired) electrons. The fraction of sp³-hybridized carbons (Fsp3) is 0.545. The van der Waals surface area contributed by atoms with Crippen molar-refractivity contribution in [3.05, 3.63) is 11.9 Å². The number of anilines is 1. The molecular formula is C11H17N5. The van der Waals surface area contributed by atoms with Gasteiger partial charge in [-0.3, -0.25) is 5.10 Å². The van der Waals surface area contributed by atoms with Crippen LogP contribution in [0.1, 0.15) is 38.8 Å². The Labute approximate surface area is 94.7 Å². The Morgan fingerprint density at radius 1 is 1.38 bits per heavy atom. The maximum absolute atomic E-state index is 4.53. The van der Waals surface area contributed by atoms with Gasteiger partial charge in [0.05, 0.1) is 17.3 Å². The fourth-order valence-electron chi connectivity index (χ4n) is 1.61. The Morgan fingerprint density at radius 3 is 2.88 bits per heavy atom. The molecule has 2 N–H and O–H groups in total. The molecule has 0 aliphatic heterocycles. The molecule has 0 aromatic carbocycles. The van der Waals surface area contributed by atoms with Gasteiger partial charge in [-0.2, -0.15) is 10.1 Å². The maximum Gasteiger partial charge on any atom is 0.224 e. The van der Waals surface area contributed by atoms with Crippen molar-refractivity contribution in [2.24, 2.45) is 0 Å². The minimum absolute atomic E-state index is 0.366. The summed E-state index contributed by atoms with van der Waals surface area (Å²) in [5.74, 6) is 1.05. The van der Waals surface area contributed by atoms with Crippen molar-refractivity contribution in [3.8, 4) is 0 Å². The first-order chi connectivity index (χ1) is 7.72. The molecule has 0 unspecified atom stereocenters.